The summed E-state index contributed by atoms with van der Waals surface area (Å²) in [5, 5.41) is 13.4. The van der Waals surface area contributed by atoms with Gasteiger partial charge in [0.15, 0.2) is 0 Å². The molecule has 0 aliphatic carbocycles. The zero-order valence-corrected chi connectivity index (χ0v) is 8.92. The summed E-state index contributed by atoms with van der Waals surface area (Å²) in [7, 11) is 0. The van der Waals surface area contributed by atoms with Gasteiger partial charge in [-0.3, -0.25) is 0 Å². The third kappa shape index (κ3) is 3.40. The average molecular weight is 200 g/mol. The van der Waals surface area contributed by atoms with Gasteiger partial charge in [0.05, 0.1) is 17.2 Å². The molecule has 3 nitrogen and oxygen atoms in total. The lowest BCUT2D eigenvalue weighted by Gasteiger charge is -2.13. The highest BCUT2D eigenvalue weighted by Crippen LogP contribution is 2.24. The highest BCUT2D eigenvalue weighted by Gasteiger charge is 2.13. The van der Waals surface area contributed by atoms with Crippen LogP contribution >= 0.6 is 11.5 Å². The Morgan fingerprint density at radius 3 is 2.92 bits per heavy atom. The van der Waals surface area contributed by atoms with E-state index in [1.807, 2.05) is 0 Å². The quantitative estimate of drug-likeness (QED) is 0.794. The van der Waals surface area contributed by atoms with E-state index < -0.39 is 0 Å². The van der Waals surface area contributed by atoms with Gasteiger partial charge in [-0.25, -0.2) is 0 Å². The molecule has 13 heavy (non-hydrogen) atoms. The molecular formula is C9H16N2OS. The topological polar surface area (TPSA) is 46.0 Å². The van der Waals surface area contributed by atoms with Crippen molar-refractivity contribution in [2.75, 3.05) is 0 Å². The molecule has 0 saturated carbocycles. The summed E-state index contributed by atoms with van der Waals surface area (Å²) in [6.07, 6.45) is 4.44. The maximum atomic E-state index is 9.74. The van der Waals surface area contributed by atoms with Gasteiger partial charge < -0.3 is 5.11 Å². The minimum atomic E-state index is -0.374. The second-order valence-corrected chi connectivity index (χ2v) is 4.28. The Labute approximate surface area is 83.0 Å². The van der Waals surface area contributed by atoms with Crippen LogP contribution in [-0.4, -0.2) is 14.7 Å². The minimum Gasteiger partial charge on any atom is -0.387 e. The predicted octanol–water partition coefficient (Wildman–Crippen LogP) is 2.40. The Bertz CT molecular complexity index is 226. The molecule has 74 valence electrons. The third-order valence-electron chi connectivity index (χ3n) is 2.11. The molecule has 4 heteroatoms. The SMILES string of the molecule is CCCC(C)CC(O)c1cnns1. The van der Waals surface area contributed by atoms with Gasteiger partial charge >= 0.3 is 0 Å². The Morgan fingerprint density at radius 1 is 1.62 bits per heavy atom. The molecule has 0 aliphatic heterocycles. The summed E-state index contributed by atoms with van der Waals surface area (Å²) in [6.45, 7) is 4.33. The zero-order valence-electron chi connectivity index (χ0n) is 8.10. The largest absolute Gasteiger partial charge is 0.387 e. The maximum absolute atomic E-state index is 9.74. The molecule has 0 aliphatic rings. The molecule has 2 unspecified atom stereocenters. The highest BCUT2D eigenvalue weighted by atomic mass is 32.1. The molecule has 0 bridgehead atoms. The molecule has 0 fully saturated rings. The van der Waals surface area contributed by atoms with Gasteiger partial charge in [0.1, 0.15) is 0 Å². The number of nitrogens with zero attached hydrogens (tertiary/aromatic N) is 2. The van der Waals surface area contributed by atoms with E-state index in [0.29, 0.717) is 5.92 Å². The normalized spacial score (nSPS) is 15.6. The van der Waals surface area contributed by atoms with Crippen molar-refractivity contribution in [3.05, 3.63) is 11.1 Å². The molecular weight excluding hydrogens is 184 g/mol. The number of rotatable bonds is 5. The van der Waals surface area contributed by atoms with Crippen LogP contribution in [0.4, 0.5) is 0 Å². The molecule has 1 heterocycles. The van der Waals surface area contributed by atoms with E-state index in [4.69, 9.17) is 0 Å². The molecule has 0 spiro atoms. The molecule has 2 atom stereocenters. The van der Waals surface area contributed by atoms with E-state index in [1.165, 1.54) is 24.4 Å². The van der Waals surface area contributed by atoms with Crippen molar-refractivity contribution in [1.82, 2.24) is 9.59 Å². The summed E-state index contributed by atoms with van der Waals surface area (Å²) >= 11 is 1.28. The molecule has 0 radical (unpaired) electrons. The molecule has 0 amide bonds. The van der Waals surface area contributed by atoms with Crippen molar-refractivity contribution in [3.63, 3.8) is 0 Å². The first kappa shape index (κ1) is 10.6. The van der Waals surface area contributed by atoms with E-state index in [-0.39, 0.29) is 6.10 Å². The standard InChI is InChI=1S/C9H16N2OS/c1-3-4-7(2)5-8(12)9-6-10-11-13-9/h6-8,12H,3-5H2,1-2H3. The van der Waals surface area contributed by atoms with E-state index in [0.717, 1.165) is 11.3 Å². The Hall–Kier alpha value is -0.480. The van der Waals surface area contributed by atoms with Crippen molar-refractivity contribution in [2.24, 2.45) is 5.92 Å². The average Bonchev–Trinajstić information content (AvgIpc) is 2.55. The van der Waals surface area contributed by atoms with Crippen molar-refractivity contribution in [1.29, 1.82) is 0 Å². The fraction of sp³-hybridized carbons (Fsp3) is 0.778. The lowest BCUT2D eigenvalue weighted by Crippen LogP contribution is -2.02. The van der Waals surface area contributed by atoms with Crippen LogP contribution in [0.15, 0.2) is 6.20 Å². The van der Waals surface area contributed by atoms with Crippen molar-refractivity contribution in [2.45, 2.75) is 39.2 Å². The summed E-state index contributed by atoms with van der Waals surface area (Å²) < 4.78 is 3.73. The first-order valence-corrected chi connectivity index (χ1v) is 5.46. The van der Waals surface area contributed by atoms with Gasteiger partial charge in [0, 0.05) is 0 Å². The molecule has 1 aromatic heterocycles. The fourth-order valence-corrected chi connectivity index (χ4v) is 1.93. The Kier molecular flexibility index (Phi) is 4.32. The second-order valence-electron chi connectivity index (χ2n) is 3.47. The lowest BCUT2D eigenvalue weighted by molar-refractivity contribution is 0.148. The van der Waals surface area contributed by atoms with Crippen LogP contribution in [-0.2, 0) is 0 Å². The van der Waals surface area contributed by atoms with Gasteiger partial charge in [-0.2, -0.15) is 0 Å². The molecule has 0 aromatic carbocycles. The Balaban J connectivity index is 2.37. The van der Waals surface area contributed by atoms with E-state index in [2.05, 4.69) is 23.4 Å². The second kappa shape index (κ2) is 5.29. The van der Waals surface area contributed by atoms with Crippen molar-refractivity contribution < 1.29 is 5.11 Å². The minimum absolute atomic E-state index is 0.374. The number of aromatic nitrogens is 2. The molecule has 0 saturated heterocycles. The van der Waals surface area contributed by atoms with Crippen molar-refractivity contribution >= 4 is 11.5 Å². The van der Waals surface area contributed by atoms with Gasteiger partial charge in [0.25, 0.3) is 0 Å². The van der Waals surface area contributed by atoms with Crippen LogP contribution < -0.4 is 0 Å². The number of hydrogen-bond donors (Lipinski definition) is 1. The number of aliphatic hydroxyl groups is 1. The third-order valence-corrected chi connectivity index (χ3v) is 2.88. The zero-order chi connectivity index (χ0) is 9.68. The van der Waals surface area contributed by atoms with Crippen LogP contribution in [0, 0.1) is 5.92 Å². The maximum Gasteiger partial charge on any atom is 0.0916 e. The van der Waals surface area contributed by atoms with E-state index in [1.54, 1.807) is 6.20 Å². The number of hydrogen-bond acceptors (Lipinski definition) is 4. The van der Waals surface area contributed by atoms with Crippen LogP contribution in [0.3, 0.4) is 0 Å². The van der Waals surface area contributed by atoms with Gasteiger partial charge in [-0.15, -0.1) is 5.10 Å². The molecule has 1 rings (SSSR count). The summed E-state index contributed by atoms with van der Waals surface area (Å²) in [5.74, 6) is 0.571. The van der Waals surface area contributed by atoms with E-state index in [9.17, 15) is 5.11 Å². The first-order valence-electron chi connectivity index (χ1n) is 4.69. The monoisotopic (exact) mass is 200 g/mol. The van der Waals surface area contributed by atoms with Crippen molar-refractivity contribution in [3.8, 4) is 0 Å². The summed E-state index contributed by atoms with van der Waals surface area (Å²) in [5.41, 5.74) is 0. The van der Waals surface area contributed by atoms with Crippen LogP contribution in [0.2, 0.25) is 0 Å². The summed E-state index contributed by atoms with van der Waals surface area (Å²) in [4.78, 5) is 0.878. The van der Waals surface area contributed by atoms with E-state index >= 15 is 0 Å². The van der Waals surface area contributed by atoms with Gasteiger partial charge in [-0.05, 0) is 23.9 Å². The van der Waals surface area contributed by atoms with Crippen LogP contribution in [0.25, 0.3) is 0 Å². The molecule has 1 N–H and O–H groups in total. The Morgan fingerprint density at radius 2 is 2.38 bits per heavy atom. The highest BCUT2D eigenvalue weighted by molar-refractivity contribution is 7.05. The van der Waals surface area contributed by atoms with Crippen LogP contribution in [0.1, 0.15) is 44.1 Å². The smallest absolute Gasteiger partial charge is 0.0916 e. The van der Waals surface area contributed by atoms with Gasteiger partial charge in [0.2, 0.25) is 0 Å². The lowest BCUT2D eigenvalue weighted by atomic mass is 9.98. The number of aliphatic hydroxyl groups excluding tert-OH is 1. The molecule has 1 aromatic rings. The fourth-order valence-electron chi connectivity index (χ4n) is 1.43. The summed E-state index contributed by atoms with van der Waals surface area (Å²) in [6, 6.07) is 0. The first-order chi connectivity index (χ1) is 6.24. The van der Waals surface area contributed by atoms with Crippen LogP contribution in [0.5, 0.6) is 0 Å². The predicted molar refractivity (Wildman–Crippen MR) is 53.6 cm³/mol. The van der Waals surface area contributed by atoms with Gasteiger partial charge in [-0.1, -0.05) is 31.2 Å².